The number of aromatic nitrogens is 4. The van der Waals surface area contributed by atoms with E-state index in [1.54, 1.807) is 0 Å². The van der Waals surface area contributed by atoms with E-state index in [0.717, 1.165) is 4.57 Å². The van der Waals surface area contributed by atoms with Gasteiger partial charge in [0.2, 0.25) is 5.95 Å². The smallest absolute Gasteiger partial charge is 0.332 e. The average Bonchev–Trinajstić information content (AvgIpc) is 2.77. The van der Waals surface area contributed by atoms with Crippen LogP contribution in [-0.2, 0) is 18.9 Å². The summed E-state index contributed by atoms with van der Waals surface area (Å²) in [5, 5.41) is 11.4. The standard InChI is InChI=1S/C10H13N5O4/c1-4(8(17)18)11-9-12-5-6(13-9)14(2)10(19)15(3)7(5)16/h4H,1-3H3,(H,17,18)(H2,11,12,13). The molecule has 0 spiro atoms. The molecular weight excluding hydrogens is 254 g/mol. The maximum Gasteiger partial charge on any atom is 0.332 e. The van der Waals surface area contributed by atoms with Gasteiger partial charge in [-0.3, -0.25) is 18.7 Å². The summed E-state index contributed by atoms with van der Waals surface area (Å²) in [6, 6.07) is -0.874. The maximum absolute atomic E-state index is 11.9. The van der Waals surface area contributed by atoms with Crippen LogP contribution < -0.4 is 16.6 Å². The topological polar surface area (TPSA) is 122 Å². The highest BCUT2D eigenvalue weighted by molar-refractivity contribution is 5.78. The van der Waals surface area contributed by atoms with Crippen LogP contribution in [-0.4, -0.2) is 36.2 Å². The zero-order valence-corrected chi connectivity index (χ0v) is 10.6. The van der Waals surface area contributed by atoms with Crippen LogP contribution in [0.2, 0.25) is 0 Å². The highest BCUT2D eigenvalue weighted by Gasteiger charge is 2.16. The van der Waals surface area contributed by atoms with Gasteiger partial charge in [-0.15, -0.1) is 0 Å². The lowest BCUT2D eigenvalue weighted by atomic mass is 10.3. The average molecular weight is 267 g/mol. The second-order valence-electron chi connectivity index (χ2n) is 4.19. The molecule has 2 heterocycles. The molecule has 19 heavy (non-hydrogen) atoms. The monoisotopic (exact) mass is 267 g/mol. The minimum atomic E-state index is -1.05. The third kappa shape index (κ3) is 1.98. The van der Waals surface area contributed by atoms with Gasteiger partial charge in [0.1, 0.15) is 6.04 Å². The summed E-state index contributed by atoms with van der Waals surface area (Å²) in [5.74, 6) is -0.926. The van der Waals surface area contributed by atoms with Gasteiger partial charge in [0.05, 0.1) is 0 Å². The van der Waals surface area contributed by atoms with Crippen molar-refractivity contribution in [2.24, 2.45) is 14.1 Å². The van der Waals surface area contributed by atoms with E-state index in [9.17, 15) is 14.4 Å². The molecule has 0 bridgehead atoms. The summed E-state index contributed by atoms with van der Waals surface area (Å²) in [4.78, 5) is 41.0. The molecule has 0 aliphatic carbocycles. The number of aromatic amines is 1. The number of hydrogen-bond acceptors (Lipinski definition) is 5. The molecule has 2 aromatic heterocycles. The fourth-order valence-corrected chi connectivity index (χ4v) is 1.66. The van der Waals surface area contributed by atoms with Crippen molar-refractivity contribution in [1.29, 1.82) is 0 Å². The van der Waals surface area contributed by atoms with Crippen molar-refractivity contribution < 1.29 is 9.90 Å². The number of aliphatic carboxylic acids is 1. The number of carboxylic acids is 1. The van der Waals surface area contributed by atoms with E-state index in [0.29, 0.717) is 0 Å². The van der Waals surface area contributed by atoms with Crippen molar-refractivity contribution in [2.45, 2.75) is 13.0 Å². The Morgan fingerprint density at radius 3 is 2.58 bits per heavy atom. The first-order valence-electron chi connectivity index (χ1n) is 5.48. The lowest BCUT2D eigenvalue weighted by molar-refractivity contribution is -0.137. The normalized spacial score (nSPS) is 12.6. The van der Waals surface area contributed by atoms with Crippen LogP contribution in [0.4, 0.5) is 5.95 Å². The Labute approximate surface area is 106 Å². The zero-order chi connectivity index (χ0) is 14.3. The van der Waals surface area contributed by atoms with Gasteiger partial charge < -0.3 is 15.4 Å². The highest BCUT2D eigenvalue weighted by Crippen LogP contribution is 2.09. The van der Waals surface area contributed by atoms with Gasteiger partial charge >= 0.3 is 11.7 Å². The molecule has 2 aromatic rings. The highest BCUT2D eigenvalue weighted by atomic mass is 16.4. The minimum Gasteiger partial charge on any atom is -0.480 e. The molecule has 0 radical (unpaired) electrons. The molecule has 0 aromatic carbocycles. The predicted octanol–water partition coefficient (Wildman–Crippen LogP) is -1.15. The quantitative estimate of drug-likeness (QED) is 0.645. The van der Waals surface area contributed by atoms with E-state index in [1.165, 1.54) is 25.6 Å². The Morgan fingerprint density at radius 1 is 1.37 bits per heavy atom. The van der Waals surface area contributed by atoms with E-state index in [-0.39, 0.29) is 17.1 Å². The number of rotatable bonds is 3. The number of imidazole rings is 1. The lowest BCUT2D eigenvalue weighted by Gasteiger charge is -2.06. The molecule has 0 saturated heterocycles. The summed E-state index contributed by atoms with van der Waals surface area (Å²) < 4.78 is 2.16. The van der Waals surface area contributed by atoms with Gasteiger partial charge in [-0.25, -0.2) is 4.79 Å². The van der Waals surface area contributed by atoms with Crippen LogP contribution >= 0.6 is 0 Å². The first-order chi connectivity index (χ1) is 8.82. The van der Waals surface area contributed by atoms with Crippen LogP contribution in [0.25, 0.3) is 11.2 Å². The van der Waals surface area contributed by atoms with E-state index in [4.69, 9.17) is 5.11 Å². The molecule has 0 saturated carbocycles. The third-order valence-corrected chi connectivity index (χ3v) is 2.82. The van der Waals surface area contributed by atoms with Crippen molar-refractivity contribution in [3.05, 3.63) is 20.8 Å². The molecular formula is C10H13N5O4. The molecule has 0 aliphatic rings. The van der Waals surface area contributed by atoms with E-state index in [1.807, 2.05) is 0 Å². The zero-order valence-electron chi connectivity index (χ0n) is 10.6. The van der Waals surface area contributed by atoms with Crippen LogP contribution in [0.3, 0.4) is 0 Å². The summed E-state index contributed by atoms with van der Waals surface area (Å²) in [6.07, 6.45) is 0. The second-order valence-corrected chi connectivity index (χ2v) is 4.19. The number of nitrogens with one attached hydrogen (secondary N) is 2. The summed E-state index contributed by atoms with van der Waals surface area (Å²) >= 11 is 0. The van der Waals surface area contributed by atoms with Gasteiger partial charge in [0.25, 0.3) is 5.56 Å². The number of carbonyl (C=O) groups is 1. The third-order valence-electron chi connectivity index (χ3n) is 2.82. The molecule has 1 unspecified atom stereocenters. The molecule has 0 amide bonds. The van der Waals surface area contributed by atoms with Gasteiger partial charge in [0.15, 0.2) is 11.2 Å². The van der Waals surface area contributed by atoms with Crippen LogP contribution in [0.15, 0.2) is 9.59 Å². The molecule has 3 N–H and O–H groups in total. The number of hydrogen-bond donors (Lipinski definition) is 3. The maximum atomic E-state index is 11.9. The molecule has 9 nitrogen and oxygen atoms in total. The Hall–Kier alpha value is -2.58. The van der Waals surface area contributed by atoms with Gasteiger partial charge in [0, 0.05) is 14.1 Å². The summed E-state index contributed by atoms with van der Waals surface area (Å²) in [5.41, 5.74) is -0.693. The molecule has 1 atom stereocenters. The largest absolute Gasteiger partial charge is 0.480 e. The number of anilines is 1. The molecule has 0 aliphatic heterocycles. The van der Waals surface area contributed by atoms with Crippen molar-refractivity contribution in [3.8, 4) is 0 Å². The second kappa shape index (κ2) is 4.26. The SMILES string of the molecule is CC(Nc1nc2c([nH]1)c(=O)n(C)c(=O)n2C)C(=O)O. The first-order valence-corrected chi connectivity index (χ1v) is 5.48. The van der Waals surface area contributed by atoms with Crippen molar-refractivity contribution >= 4 is 23.1 Å². The van der Waals surface area contributed by atoms with E-state index < -0.39 is 23.3 Å². The Kier molecular flexibility index (Phi) is 2.89. The molecule has 102 valence electrons. The summed E-state index contributed by atoms with van der Waals surface area (Å²) in [7, 11) is 2.84. The molecule has 9 heteroatoms. The van der Waals surface area contributed by atoms with Crippen molar-refractivity contribution in [3.63, 3.8) is 0 Å². The fraction of sp³-hybridized carbons (Fsp3) is 0.400. The molecule has 0 fully saturated rings. The van der Waals surface area contributed by atoms with Crippen LogP contribution in [0.5, 0.6) is 0 Å². The number of fused-ring (bicyclic) bond motifs is 1. The number of carboxylic acid groups (broad SMARTS) is 1. The lowest BCUT2D eigenvalue weighted by Crippen LogP contribution is -2.36. The van der Waals surface area contributed by atoms with E-state index in [2.05, 4.69) is 15.3 Å². The minimum absolute atomic E-state index is 0.128. The first kappa shape index (κ1) is 12.9. The Morgan fingerprint density at radius 2 is 2.00 bits per heavy atom. The Balaban J connectivity index is 2.62. The fourth-order valence-electron chi connectivity index (χ4n) is 1.66. The number of nitrogens with zero attached hydrogens (tertiary/aromatic N) is 3. The number of H-pyrrole nitrogens is 1. The Bertz CT molecular complexity index is 769. The van der Waals surface area contributed by atoms with Gasteiger partial charge in [-0.1, -0.05) is 0 Å². The van der Waals surface area contributed by atoms with Gasteiger partial charge in [-0.05, 0) is 6.92 Å². The summed E-state index contributed by atoms with van der Waals surface area (Å²) in [6.45, 7) is 1.44. The van der Waals surface area contributed by atoms with Crippen LogP contribution in [0.1, 0.15) is 6.92 Å². The predicted molar refractivity (Wildman–Crippen MR) is 67.3 cm³/mol. The van der Waals surface area contributed by atoms with Crippen molar-refractivity contribution in [1.82, 2.24) is 19.1 Å². The van der Waals surface area contributed by atoms with Crippen molar-refractivity contribution in [2.75, 3.05) is 5.32 Å². The van der Waals surface area contributed by atoms with E-state index >= 15 is 0 Å². The van der Waals surface area contributed by atoms with Crippen LogP contribution in [0, 0.1) is 0 Å². The number of aryl methyl sites for hydroxylation is 1. The molecule has 2 rings (SSSR count). The van der Waals surface area contributed by atoms with Gasteiger partial charge in [-0.2, -0.15) is 4.98 Å².